The maximum Gasteiger partial charge on any atom is 0.244 e. The molecule has 0 radical (unpaired) electrons. The summed E-state index contributed by atoms with van der Waals surface area (Å²) in [6.45, 7) is 3.26. The van der Waals surface area contributed by atoms with Crippen LogP contribution in [0, 0.1) is 0 Å². The molecule has 1 aromatic heterocycles. The molecule has 0 spiro atoms. The first-order chi connectivity index (χ1) is 8.95. The van der Waals surface area contributed by atoms with Crippen molar-refractivity contribution in [2.24, 2.45) is 0 Å². The van der Waals surface area contributed by atoms with Gasteiger partial charge < -0.3 is 5.32 Å². The van der Waals surface area contributed by atoms with Crippen molar-refractivity contribution in [2.75, 3.05) is 13.6 Å². The number of hydrogen-bond acceptors (Lipinski definition) is 4. The van der Waals surface area contributed by atoms with Gasteiger partial charge in [0.25, 0.3) is 0 Å². The van der Waals surface area contributed by atoms with Gasteiger partial charge >= 0.3 is 0 Å². The first-order valence-corrected chi connectivity index (χ1v) is 9.48. The Hall–Kier alpha value is 0.0500. The predicted octanol–water partition coefficient (Wildman–Crippen LogP) is 2.79. The van der Waals surface area contributed by atoms with Crippen molar-refractivity contribution in [2.45, 2.75) is 43.7 Å². The van der Waals surface area contributed by atoms with Crippen LogP contribution in [0.1, 0.15) is 31.1 Å². The molecule has 1 saturated carbocycles. The van der Waals surface area contributed by atoms with Crippen LogP contribution in [0.15, 0.2) is 14.7 Å². The average molecular weight is 367 g/mol. The van der Waals surface area contributed by atoms with Gasteiger partial charge in [-0.1, -0.05) is 6.92 Å². The third-order valence-corrected chi connectivity index (χ3v) is 7.18. The van der Waals surface area contributed by atoms with Crippen molar-refractivity contribution < 1.29 is 8.42 Å². The topological polar surface area (TPSA) is 49.4 Å². The molecule has 1 N–H and O–H groups in total. The third kappa shape index (κ3) is 3.78. The van der Waals surface area contributed by atoms with Crippen LogP contribution in [0.4, 0.5) is 0 Å². The van der Waals surface area contributed by atoms with Crippen molar-refractivity contribution in [3.63, 3.8) is 0 Å². The van der Waals surface area contributed by atoms with Gasteiger partial charge in [-0.3, -0.25) is 0 Å². The molecule has 1 aliphatic carbocycles. The summed E-state index contributed by atoms with van der Waals surface area (Å²) in [4.78, 5) is 1.45. The molecule has 0 saturated heterocycles. The average Bonchev–Trinajstić information content (AvgIpc) is 3.10. The number of rotatable bonds is 7. The van der Waals surface area contributed by atoms with E-state index in [0.717, 1.165) is 17.8 Å². The van der Waals surface area contributed by atoms with Gasteiger partial charge in [-0.15, -0.1) is 11.3 Å². The molecule has 0 amide bonds. The second kappa shape index (κ2) is 6.22. The number of nitrogens with zero attached hydrogens (tertiary/aromatic N) is 1. The molecule has 1 heterocycles. The Bertz CT molecular complexity index is 538. The maximum absolute atomic E-state index is 12.4. The summed E-state index contributed by atoms with van der Waals surface area (Å²) >= 11 is 4.87. The smallest absolute Gasteiger partial charge is 0.244 e. The lowest BCUT2D eigenvalue weighted by Gasteiger charge is -2.15. The second-order valence-electron chi connectivity index (χ2n) is 4.83. The summed E-state index contributed by atoms with van der Waals surface area (Å²) in [6.07, 6.45) is 3.28. The van der Waals surface area contributed by atoms with E-state index in [1.165, 1.54) is 28.5 Å². The molecule has 0 unspecified atom stereocenters. The highest BCUT2D eigenvalue weighted by atomic mass is 79.9. The van der Waals surface area contributed by atoms with E-state index >= 15 is 0 Å². The molecule has 1 aliphatic rings. The van der Waals surface area contributed by atoms with Crippen molar-refractivity contribution in [1.29, 1.82) is 0 Å². The van der Waals surface area contributed by atoms with Gasteiger partial charge in [0.1, 0.15) is 4.90 Å². The molecular formula is C12H19BrN2O2S2. The standard InChI is InChI=1S/C12H19BrN2O2S2/c1-3-6-15(2)19(16,17)11-7-10(18-12(11)13)8-14-9-4-5-9/h7,9,14H,3-6,8H2,1-2H3. The highest BCUT2D eigenvalue weighted by Gasteiger charge is 2.26. The maximum atomic E-state index is 12.4. The summed E-state index contributed by atoms with van der Waals surface area (Å²) in [5.74, 6) is 0. The normalized spacial score (nSPS) is 16.2. The van der Waals surface area contributed by atoms with Gasteiger partial charge in [0, 0.05) is 31.1 Å². The van der Waals surface area contributed by atoms with E-state index in [0.29, 0.717) is 21.3 Å². The highest BCUT2D eigenvalue weighted by Crippen LogP contribution is 2.33. The molecule has 0 aliphatic heterocycles. The Balaban J connectivity index is 2.14. The second-order valence-corrected chi connectivity index (χ2v) is 9.30. The van der Waals surface area contributed by atoms with Crippen molar-refractivity contribution in [3.8, 4) is 0 Å². The zero-order valence-corrected chi connectivity index (χ0v) is 14.4. The number of hydrogen-bond donors (Lipinski definition) is 1. The van der Waals surface area contributed by atoms with Crippen molar-refractivity contribution >= 4 is 37.3 Å². The SMILES string of the molecule is CCCN(C)S(=O)(=O)c1cc(CNC2CC2)sc1Br. The summed E-state index contributed by atoms with van der Waals surface area (Å²) in [5.41, 5.74) is 0. The Morgan fingerprint density at radius 2 is 2.21 bits per heavy atom. The van der Waals surface area contributed by atoms with Crippen LogP contribution in [0.3, 0.4) is 0 Å². The molecular weight excluding hydrogens is 348 g/mol. The van der Waals surface area contributed by atoms with Crippen LogP contribution in [0.25, 0.3) is 0 Å². The fourth-order valence-corrected chi connectivity index (χ4v) is 5.64. The van der Waals surface area contributed by atoms with E-state index in [2.05, 4.69) is 21.2 Å². The minimum absolute atomic E-state index is 0.390. The van der Waals surface area contributed by atoms with E-state index in [9.17, 15) is 8.42 Å². The number of halogens is 1. The Morgan fingerprint density at radius 3 is 2.79 bits per heavy atom. The van der Waals surface area contributed by atoms with Crippen molar-refractivity contribution in [3.05, 3.63) is 14.7 Å². The number of thiophene rings is 1. The van der Waals surface area contributed by atoms with Gasteiger partial charge in [-0.25, -0.2) is 12.7 Å². The summed E-state index contributed by atoms with van der Waals surface area (Å²) < 4.78 is 26.9. The monoisotopic (exact) mass is 366 g/mol. The minimum atomic E-state index is -3.36. The first-order valence-electron chi connectivity index (χ1n) is 6.43. The van der Waals surface area contributed by atoms with Crippen LogP contribution in [-0.4, -0.2) is 32.4 Å². The van der Waals surface area contributed by atoms with Gasteiger partial charge in [0.2, 0.25) is 10.0 Å². The largest absolute Gasteiger partial charge is 0.309 e. The highest BCUT2D eigenvalue weighted by molar-refractivity contribution is 9.11. The number of sulfonamides is 1. The van der Waals surface area contributed by atoms with Crippen LogP contribution in [0.5, 0.6) is 0 Å². The first kappa shape index (κ1) is 15.4. The van der Waals surface area contributed by atoms with E-state index in [1.807, 2.05) is 6.92 Å². The summed E-state index contributed by atoms with van der Waals surface area (Å²) in [6, 6.07) is 2.41. The van der Waals surface area contributed by atoms with Gasteiger partial charge in [-0.05, 0) is 41.3 Å². The molecule has 1 aromatic rings. The van der Waals surface area contributed by atoms with Gasteiger partial charge in [0.15, 0.2) is 0 Å². The molecule has 1 fully saturated rings. The molecule has 0 aromatic carbocycles. The summed E-state index contributed by atoms with van der Waals surface area (Å²) in [5, 5.41) is 3.40. The molecule has 4 nitrogen and oxygen atoms in total. The van der Waals surface area contributed by atoms with Crippen LogP contribution in [0.2, 0.25) is 0 Å². The Morgan fingerprint density at radius 1 is 1.53 bits per heavy atom. The lowest BCUT2D eigenvalue weighted by molar-refractivity contribution is 0.468. The van der Waals surface area contributed by atoms with E-state index in [4.69, 9.17) is 0 Å². The molecule has 2 rings (SSSR count). The van der Waals surface area contributed by atoms with Crippen LogP contribution >= 0.6 is 27.3 Å². The summed E-state index contributed by atoms with van der Waals surface area (Å²) in [7, 11) is -1.73. The van der Waals surface area contributed by atoms with Gasteiger partial charge in [-0.2, -0.15) is 0 Å². The molecule has 0 bridgehead atoms. The number of nitrogens with one attached hydrogen (secondary N) is 1. The molecule has 108 valence electrons. The fraction of sp³-hybridized carbons (Fsp3) is 0.667. The molecule has 0 atom stereocenters. The molecule has 7 heteroatoms. The Kier molecular flexibility index (Phi) is 5.05. The van der Waals surface area contributed by atoms with Gasteiger partial charge in [0.05, 0.1) is 3.79 Å². The third-order valence-electron chi connectivity index (χ3n) is 3.08. The Labute approximate surface area is 127 Å². The quantitative estimate of drug-likeness (QED) is 0.806. The lowest BCUT2D eigenvalue weighted by Crippen LogP contribution is -2.27. The minimum Gasteiger partial charge on any atom is -0.309 e. The van der Waals surface area contributed by atoms with E-state index in [1.54, 1.807) is 13.1 Å². The van der Waals surface area contributed by atoms with Crippen molar-refractivity contribution in [1.82, 2.24) is 9.62 Å². The zero-order valence-electron chi connectivity index (χ0n) is 11.1. The van der Waals surface area contributed by atoms with E-state index in [-0.39, 0.29) is 0 Å². The van der Waals surface area contributed by atoms with E-state index < -0.39 is 10.0 Å². The lowest BCUT2D eigenvalue weighted by atomic mass is 10.4. The fourth-order valence-electron chi connectivity index (χ4n) is 1.80. The van der Waals surface area contributed by atoms with Crippen LogP contribution < -0.4 is 5.32 Å². The van der Waals surface area contributed by atoms with Crippen LogP contribution in [-0.2, 0) is 16.6 Å². The zero-order chi connectivity index (χ0) is 14.0. The predicted molar refractivity (Wildman–Crippen MR) is 82.0 cm³/mol. The molecule has 19 heavy (non-hydrogen) atoms.